The first-order valence-corrected chi connectivity index (χ1v) is 7.52. The summed E-state index contributed by atoms with van der Waals surface area (Å²) in [6.07, 6.45) is 6.25. The smallest absolute Gasteiger partial charge is 0.272 e. The Labute approximate surface area is 122 Å². The van der Waals surface area contributed by atoms with E-state index in [-0.39, 0.29) is 5.91 Å². The van der Waals surface area contributed by atoms with Gasteiger partial charge >= 0.3 is 0 Å². The van der Waals surface area contributed by atoms with Gasteiger partial charge in [-0.25, -0.2) is 4.98 Å². The van der Waals surface area contributed by atoms with Gasteiger partial charge in [0.05, 0.1) is 11.9 Å². The Morgan fingerprint density at radius 3 is 2.30 bits per heavy atom. The molecule has 4 heteroatoms. The van der Waals surface area contributed by atoms with Crippen LogP contribution in [0.4, 0.5) is 5.69 Å². The van der Waals surface area contributed by atoms with Crippen molar-refractivity contribution < 1.29 is 4.79 Å². The second-order valence-corrected chi connectivity index (χ2v) is 5.26. The zero-order chi connectivity index (χ0) is 15.0. The summed E-state index contributed by atoms with van der Waals surface area (Å²) in [7, 11) is 3.89. The second kappa shape index (κ2) is 8.56. The van der Waals surface area contributed by atoms with E-state index in [9.17, 15) is 4.79 Å². The molecule has 1 aromatic rings. The lowest BCUT2D eigenvalue weighted by Gasteiger charge is -2.19. The van der Waals surface area contributed by atoms with Crippen molar-refractivity contribution in [2.45, 2.75) is 39.5 Å². The minimum atomic E-state index is 0.00112. The molecule has 0 saturated carbocycles. The van der Waals surface area contributed by atoms with Crippen LogP contribution in [-0.4, -0.2) is 43.0 Å². The van der Waals surface area contributed by atoms with E-state index >= 15 is 0 Å². The molecule has 0 saturated heterocycles. The number of pyridine rings is 1. The summed E-state index contributed by atoms with van der Waals surface area (Å²) in [4.78, 5) is 20.4. The molecule has 1 aromatic heterocycles. The van der Waals surface area contributed by atoms with Crippen molar-refractivity contribution in [3.63, 3.8) is 0 Å². The van der Waals surface area contributed by atoms with Gasteiger partial charge in [0, 0.05) is 27.2 Å². The molecule has 0 radical (unpaired) electrons. The van der Waals surface area contributed by atoms with Gasteiger partial charge in [-0.1, -0.05) is 26.7 Å². The van der Waals surface area contributed by atoms with Crippen LogP contribution in [0.3, 0.4) is 0 Å². The van der Waals surface area contributed by atoms with Gasteiger partial charge in [0.15, 0.2) is 0 Å². The highest BCUT2D eigenvalue weighted by Gasteiger charge is 2.12. The summed E-state index contributed by atoms with van der Waals surface area (Å²) in [6, 6.07) is 3.80. The summed E-state index contributed by atoms with van der Waals surface area (Å²) in [5.74, 6) is 0.00112. The lowest BCUT2D eigenvalue weighted by Crippen LogP contribution is -2.28. The molecule has 0 aromatic carbocycles. The Morgan fingerprint density at radius 2 is 1.75 bits per heavy atom. The first kappa shape index (κ1) is 16.5. The van der Waals surface area contributed by atoms with Crippen molar-refractivity contribution in [3.8, 4) is 0 Å². The molecule has 0 aliphatic carbocycles. The maximum Gasteiger partial charge on any atom is 0.272 e. The van der Waals surface area contributed by atoms with E-state index in [0.717, 1.165) is 38.0 Å². The van der Waals surface area contributed by atoms with Crippen molar-refractivity contribution in [1.29, 1.82) is 0 Å². The largest absolute Gasteiger partial charge is 0.373 e. The Kier molecular flexibility index (Phi) is 7.05. The predicted molar refractivity (Wildman–Crippen MR) is 84.3 cm³/mol. The van der Waals surface area contributed by atoms with Crippen molar-refractivity contribution in [2.75, 3.05) is 32.1 Å². The Balaban J connectivity index is 2.63. The van der Waals surface area contributed by atoms with Crippen LogP contribution < -0.4 is 4.90 Å². The third-order valence-corrected chi connectivity index (χ3v) is 3.45. The fraction of sp³-hybridized carbons (Fsp3) is 0.625. The summed E-state index contributed by atoms with van der Waals surface area (Å²) < 4.78 is 0. The van der Waals surface area contributed by atoms with Gasteiger partial charge in [-0.05, 0) is 25.0 Å². The number of hydrogen-bond acceptors (Lipinski definition) is 3. The maximum absolute atomic E-state index is 12.2. The molecule has 1 heterocycles. The molecule has 1 rings (SSSR count). The van der Waals surface area contributed by atoms with E-state index < -0.39 is 0 Å². The SMILES string of the molecule is CCCCN(C)C(=O)c1ccc(N(C)CCCC)cn1. The monoisotopic (exact) mass is 277 g/mol. The zero-order valence-electron chi connectivity index (χ0n) is 13.2. The number of carbonyl (C=O) groups excluding carboxylic acids is 1. The standard InChI is InChI=1S/C16H27N3O/c1-5-7-11-18(3)14-9-10-15(17-13-14)16(20)19(4)12-8-6-2/h9-10,13H,5-8,11-12H2,1-4H3. The molecule has 0 aliphatic rings. The normalized spacial score (nSPS) is 10.4. The lowest BCUT2D eigenvalue weighted by molar-refractivity contribution is 0.0787. The van der Waals surface area contributed by atoms with Crippen LogP contribution in [0.1, 0.15) is 50.0 Å². The zero-order valence-corrected chi connectivity index (χ0v) is 13.2. The Morgan fingerprint density at radius 1 is 1.10 bits per heavy atom. The highest BCUT2D eigenvalue weighted by Crippen LogP contribution is 2.13. The molecule has 0 fully saturated rings. The number of carbonyl (C=O) groups is 1. The van der Waals surface area contributed by atoms with E-state index in [1.807, 2.05) is 19.2 Å². The van der Waals surface area contributed by atoms with E-state index in [2.05, 4.69) is 30.8 Å². The van der Waals surface area contributed by atoms with Gasteiger partial charge < -0.3 is 9.80 Å². The molecule has 0 spiro atoms. The van der Waals surface area contributed by atoms with Crippen LogP contribution in [0.25, 0.3) is 0 Å². The molecule has 0 unspecified atom stereocenters. The summed E-state index contributed by atoms with van der Waals surface area (Å²) in [6.45, 7) is 6.11. The molecule has 4 nitrogen and oxygen atoms in total. The first-order chi connectivity index (χ1) is 9.60. The fourth-order valence-electron chi connectivity index (χ4n) is 1.96. The van der Waals surface area contributed by atoms with E-state index in [1.165, 1.54) is 6.42 Å². The summed E-state index contributed by atoms with van der Waals surface area (Å²) in [5, 5.41) is 0. The predicted octanol–water partition coefficient (Wildman–Crippen LogP) is 3.19. The average molecular weight is 277 g/mol. The number of hydrogen-bond donors (Lipinski definition) is 0. The minimum Gasteiger partial charge on any atom is -0.373 e. The molecular formula is C16H27N3O. The molecule has 20 heavy (non-hydrogen) atoms. The third-order valence-electron chi connectivity index (χ3n) is 3.45. The van der Waals surface area contributed by atoms with E-state index in [4.69, 9.17) is 0 Å². The van der Waals surface area contributed by atoms with Gasteiger partial charge in [-0.3, -0.25) is 4.79 Å². The van der Waals surface area contributed by atoms with Crippen LogP contribution in [-0.2, 0) is 0 Å². The second-order valence-electron chi connectivity index (χ2n) is 5.26. The number of anilines is 1. The van der Waals surface area contributed by atoms with Crippen LogP contribution >= 0.6 is 0 Å². The van der Waals surface area contributed by atoms with Crippen molar-refractivity contribution >= 4 is 11.6 Å². The van der Waals surface area contributed by atoms with Crippen molar-refractivity contribution in [1.82, 2.24) is 9.88 Å². The van der Waals surface area contributed by atoms with E-state index in [1.54, 1.807) is 11.1 Å². The highest BCUT2D eigenvalue weighted by atomic mass is 16.2. The topological polar surface area (TPSA) is 36.4 Å². The number of amides is 1. The summed E-state index contributed by atoms with van der Waals surface area (Å²) >= 11 is 0. The quantitative estimate of drug-likeness (QED) is 0.732. The number of unbranched alkanes of at least 4 members (excludes halogenated alkanes) is 2. The van der Waals surface area contributed by atoms with Gasteiger partial charge in [0.25, 0.3) is 5.91 Å². The minimum absolute atomic E-state index is 0.00112. The van der Waals surface area contributed by atoms with Gasteiger partial charge in [-0.2, -0.15) is 0 Å². The highest BCUT2D eigenvalue weighted by molar-refractivity contribution is 5.92. The average Bonchev–Trinajstić information content (AvgIpc) is 2.49. The van der Waals surface area contributed by atoms with Crippen molar-refractivity contribution in [3.05, 3.63) is 24.0 Å². The fourth-order valence-corrected chi connectivity index (χ4v) is 1.96. The van der Waals surface area contributed by atoms with Gasteiger partial charge in [0.2, 0.25) is 0 Å². The van der Waals surface area contributed by atoms with Gasteiger partial charge in [0.1, 0.15) is 5.69 Å². The van der Waals surface area contributed by atoms with E-state index in [0.29, 0.717) is 5.69 Å². The lowest BCUT2D eigenvalue weighted by atomic mass is 10.2. The van der Waals surface area contributed by atoms with Crippen LogP contribution in [0.2, 0.25) is 0 Å². The number of nitrogens with zero attached hydrogens (tertiary/aromatic N) is 3. The number of rotatable bonds is 8. The Bertz CT molecular complexity index is 403. The number of aromatic nitrogens is 1. The molecular weight excluding hydrogens is 250 g/mol. The van der Waals surface area contributed by atoms with Crippen LogP contribution in [0.5, 0.6) is 0 Å². The molecule has 0 aliphatic heterocycles. The first-order valence-electron chi connectivity index (χ1n) is 7.52. The third kappa shape index (κ3) is 4.83. The van der Waals surface area contributed by atoms with Crippen molar-refractivity contribution in [2.24, 2.45) is 0 Å². The van der Waals surface area contributed by atoms with Crippen LogP contribution in [0.15, 0.2) is 18.3 Å². The Hall–Kier alpha value is -1.58. The molecule has 0 bridgehead atoms. The van der Waals surface area contributed by atoms with Crippen LogP contribution in [0, 0.1) is 0 Å². The molecule has 112 valence electrons. The maximum atomic E-state index is 12.2. The van der Waals surface area contributed by atoms with Gasteiger partial charge in [-0.15, -0.1) is 0 Å². The molecule has 0 N–H and O–H groups in total. The summed E-state index contributed by atoms with van der Waals surface area (Å²) in [5.41, 5.74) is 1.59. The molecule has 0 atom stereocenters. The molecule has 1 amide bonds.